The van der Waals surface area contributed by atoms with E-state index in [1.807, 2.05) is 0 Å². The number of hydrogen-bond donors (Lipinski definition) is 2. The lowest BCUT2D eigenvalue weighted by Crippen LogP contribution is -2.26. The van der Waals surface area contributed by atoms with Gasteiger partial charge in [0.2, 0.25) is 0 Å². The molecule has 0 bridgehead atoms. The maximum atomic E-state index is 12.3. The highest BCUT2D eigenvalue weighted by atomic mass is 19.4. The van der Waals surface area contributed by atoms with Gasteiger partial charge in [-0.05, 0) is 36.8 Å². The van der Waals surface area contributed by atoms with Gasteiger partial charge >= 0.3 is 12.3 Å². The molecule has 0 atom stereocenters. The van der Waals surface area contributed by atoms with Gasteiger partial charge < -0.3 is 19.8 Å². The zero-order valence-corrected chi connectivity index (χ0v) is 14.3. The molecule has 2 aromatic rings. The Balaban J connectivity index is 2.25. The molecule has 0 aliphatic heterocycles. The summed E-state index contributed by atoms with van der Waals surface area (Å²) in [4.78, 5) is 38.7. The molecule has 1 heterocycles. The van der Waals surface area contributed by atoms with E-state index in [-0.39, 0.29) is 16.8 Å². The highest BCUT2D eigenvalue weighted by Crippen LogP contribution is 2.24. The first-order valence-electron chi connectivity index (χ1n) is 7.66. The predicted octanol–water partition coefficient (Wildman–Crippen LogP) is 2.87. The third-order valence-corrected chi connectivity index (χ3v) is 3.47. The fourth-order valence-corrected chi connectivity index (χ4v) is 2.25. The Labute approximate surface area is 151 Å². The fourth-order valence-electron chi connectivity index (χ4n) is 2.25. The Kier molecular flexibility index (Phi) is 5.88. The second-order valence-electron chi connectivity index (χ2n) is 5.28. The van der Waals surface area contributed by atoms with Gasteiger partial charge in [0.15, 0.2) is 0 Å². The summed E-state index contributed by atoms with van der Waals surface area (Å²) in [5, 5.41) is 2.36. The topological polar surface area (TPSA) is 97.5 Å². The van der Waals surface area contributed by atoms with Gasteiger partial charge in [0.1, 0.15) is 11.3 Å². The second kappa shape index (κ2) is 7.94. The standard InChI is InChI=1S/C17H15F3N2O5/c1-3-13-11(16(25)26-2)8-12(15(24)22-13)14(23)21-9-4-6-10(7-5-9)27-17(18,19)20/h4-8H,3H2,1-2H3,(H,21,23)(H,22,24). The van der Waals surface area contributed by atoms with E-state index in [4.69, 9.17) is 0 Å². The number of esters is 1. The van der Waals surface area contributed by atoms with Crippen LogP contribution in [0.25, 0.3) is 0 Å². The molecule has 2 N–H and O–H groups in total. The summed E-state index contributed by atoms with van der Waals surface area (Å²) >= 11 is 0. The molecule has 10 heteroatoms. The number of aromatic amines is 1. The van der Waals surface area contributed by atoms with Crippen molar-refractivity contribution in [3.8, 4) is 5.75 Å². The fraction of sp³-hybridized carbons (Fsp3) is 0.235. The lowest BCUT2D eigenvalue weighted by molar-refractivity contribution is -0.274. The van der Waals surface area contributed by atoms with Crippen molar-refractivity contribution in [3.63, 3.8) is 0 Å². The van der Waals surface area contributed by atoms with Crippen molar-refractivity contribution in [1.29, 1.82) is 0 Å². The molecular weight excluding hydrogens is 369 g/mol. The Morgan fingerprint density at radius 1 is 1.15 bits per heavy atom. The average Bonchev–Trinajstić information content (AvgIpc) is 2.61. The van der Waals surface area contributed by atoms with Crippen molar-refractivity contribution in [2.24, 2.45) is 0 Å². The monoisotopic (exact) mass is 384 g/mol. The summed E-state index contributed by atoms with van der Waals surface area (Å²) in [6.07, 6.45) is -4.49. The van der Waals surface area contributed by atoms with Crippen LogP contribution in [0.2, 0.25) is 0 Å². The molecule has 1 aromatic carbocycles. The van der Waals surface area contributed by atoms with Gasteiger partial charge in [-0.25, -0.2) is 4.79 Å². The summed E-state index contributed by atoms with van der Waals surface area (Å²) in [6.45, 7) is 1.71. The lowest BCUT2D eigenvalue weighted by Gasteiger charge is -2.11. The molecule has 144 valence electrons. The molecule has 0 aliphatic rings. The number of hydrogen-bond acceptors (Lipinski definition) is 5. The van der Waals surface area contributed by atoms with E-state index in [2.05, 4.69) is 19.8 Å². The van der Waals surface area contributed by atoms with Crippen LogP contribution >= 0.6 is 0 Å². The van der Waals surface area contributed by atoms with E-state index in [0.29, 0.717) is 12.1 Å². The molecule has 0 fully saturated rings. The minimum absolute atomic E-state index is 0.0404. The second-order valence-corrected chi connectivity index (χ2v) is 5.28. The maximum Gasteiger partial charge on any atom is 0.573 e. The summed E-state index contributed by atoms with van der Waals surface area (Å²) in [7, 11) is 1.16. The number of halogens is 3. The van der Waals surface area contributed by atoms with Gasteiger partial charge in [0.25, 0.3) is 11.5 Å². The van der Waals surface area contributed by atoms with Crippen LogP contribution in [0.5, 0.6) is 5.75 Å². The quantitative estimate of drug-likeness (QED) is 0.773. The molecule has 0 aliphatic carbocycles. The number of nitrogens with one attached hydrogen (secondary N) is 2. The van der Waals surface area contributed by atoms with Crippen molar-refractivity contribution in [2.75, 3.05) is 12.4 Å². The number of aryl methyl sites for hydroxylation is 1. The van der Waals surface area contributed by atoms with Gasteiger partial charge in [0, 0.05) is 11.4 Å². The number of anilines is 1. The Morgan fingerprint density at radius 2 is 1.78 bits per heavy atom. The van der Waals surface area contributed by atoms with Crippen molar-refractivity contribution < 1.29 is 32.2 Å². The van der Waals surface area contributed by atoms with Gasteiger partial charge in [0.05, 0.1) is 12.7 Å². The third-order valence-electron chi connectivity index (χ3n) is 3.47. The Morgan fingerprint density at radius 3 is 2.30 bits per heavy atom. The number of benzene rings is 1. The minimum Gasteiger partial charge on any atom is -0.465 e. The van der Waals surface area contributed by atoms with E-state index in [0.717, 1.165) is 25.3 Å². The van der Waals surface area contributed by atoms with Crippen LogP contribution < -0.4 is 15.6 Å². The molecule has 0 saturated heterocycles. The number of alkyl halides is 3. The number of carbonyl (C=O) groups excluding carboxylic acids is 2. The number of carbonyl (C=O) groups is 2. The zero-order valence-electron chi connectivity index (χ0n) is 14.3. The van der Waals surface area contributed by atoms with E-state index in [1.54, 1.807) is 6.92 Å². The van der Waals surface area contributed by atoms with Crippen LogP contribution in [-0.2, 0) is 11.2 Å². The van der Waals surface area contributed by atoms with E-state index < -0.39 is 29.5 Å². The SMILES string of the molecule is CCc1[nH]c(=O)c(C(=O)Nc2ccc(OC(F)(F)F)cc2)cc1C(=O)OC. The molecule has 0 radical (unpaired) electrons. The number of methoxy groups -OCH3 is 1. The zero-order chi connectivity index (χ0) is 20.2. The molecular formula is C17H15F3N2O5. The maximum absolute atomic E-state index is 12.3. The first kappa shape index (κ1) is 20.0. The van der Waals surface area contributed by atoms with E-state index in [9.17, 15) is 27.6 Å². The van der Waals surface area contributed by atoms with Gasteiger partial charge in [-0.2, -0.15) is 0 Å². The van der Waals surface area contributed by atoms with Gasteiger partial charge in [-0.3, -0.25) is 9.59 Å². The first-order valence-corrected chi connectivity index (χ1v) is 7.66. The van der Waals surface area contributed by atoms with Crippen LogP contribution in [0.1, 0.15) is 33.3 Å². The summed E-state index contributed by atoms with van der Waals surface area (Å²) < 4.78 is 44.8. The van der Waals surface area contributed by atoms with Crippen LogP contribution in [-0.4, -0.2) is 30.3 Å². The Hall–Kier alpha value is -3.30. The summed E-state index contributed by atoms with van der Waals surface area (Å²) in [5.41, 5.74) is -0.568. The summed E-state index contributed by atoms with van der Waals surface area (Å²) in [5.74, 6) is -2.02. The Bertz CT molecular complexity index is 904. The molecule has 0 saturated carbocycles. The van der Waals surface area contributed by atoms with Crippen LogP contribution in [0.4, 0.5) is 18.9 Å². The highest BCUT2D eigenvalue weighted by molar-refractivity contribution is 6.05. The van der Waals surface area contributed by atoms with Gasteiger partial charge in [-0.1, -0.05) is 6.92 Å². The molecule has 7 nitrogen and oxygen atoms in total. The lowest BCUT2D eigenvalue weighted by atomic mass is 10.1. The molecule has 2 rings (SSSR count). The van der Waals surface area contributed by atoms with Crippen LogP contribution in [0.3, 0.4) is 0 Å². The first-order chi connectivity index (χ1) is 12.6. The van der Waals surface area contributed by atoms with Crippen molar-refractivity contribution >= 4 is 17.6 Å². The number of pyridine rings is 1. The number of rotatable bonds is 5. The molecule has 1 amide bonds. The van der Waals surface area contributed by atoms with Gasteiger partial charge in [-0.15, -0.1) is 13.2 Å². The largest absolute Gasteiger partial charge is 0.573 e. The summed E-state index contributed by atoms with van der Waals surface area (Å²) in [6, 6.07) is 5.48. The average molecular weight is 384 g/mol. The smallest absolute Gasteiger partial charge is 0.465 e. The van der Waals surface area contributed by atoms with Crippen molar-refractivity contribution in [2.45, 2.75) is 19.7 Å². The molecule has 1 aromatic heterocycles. The predicted molar refractivity (Wildman–Crippen MR) is 88.9 cm³/mol. The number of ether oxygens (including phenoxy) is 2. The minimum atomic E-state index is -4.83. The van der Waals surface area contributed by atoms with Crippen molar-refractivity contribution in [1.82, 2.24) is 4.98 Å². The number of amides is 1. The van der Waals surface area contributed by atoms with Crippen LogP contribution in [0, 0.1) is 0 Å². The van der Waals surface area contributed by atoms with E-state index >= 15 is 0 Å². The van der Waals surface area contributed by atoms with E-state index in [1.165, 1.54) is 12.1 Å². The molecule has 0 spiro atoms. The number of H-pyrrole nitrogens is 1. The highest BCUT2D eigenvalue weighted by Gasteiger charge is 2.31. The van der Waals surface area contributed by atoms with Crippen molar-refractivity contribution in [3.05, 3.63) is 57.5 Å². The normalized spacial score (nSPS) is 11.0. The van der Waals surface area contributed by atoms with Crippen LogP contribution in [0.15, 0.2) is 35.1 Å². The molecule has 27 heavy (non-hydrogen) atoms. The third kappa shape index (κ3) is 5.09. The molecule has 0 unspecified atom stereocenters. The number of aromatic nitrogens is 1.